The molecule has 0 spiro atoms. The number of carbonyl (C=O) groups excluding carboxylic acids is 1. The van der Waals surface area contributed by atoms with Crippen LogP contribution in [0.25, 0.3) is 0 Å². The largest absolute Gasteiger partial charge is 0.399 e. The highest BCUT2D eigenvalue weighted by Crippen LogP contribution is 2.25. The van der Waals surface area contributed by atoms with E-state index in [9.17, 15) is 9.18 Å². The Hall–Kier alpha value is -1.27. The van der Waals surface area contributed by atoms with E-state index in [1.54, 1.807) is 6.92 Å². The lowest BCUT2D eigenvalue weighted by molar-refractivity contribution is -0.115. The van der Waals surface area contributed by atoms with Crippen LogP contribution in [0.4, 0.5) is 15.8 Å². The van der Waals surface area contributed by atoms with E-state index in [0.29, 0.717) is 24.2 Å². The molecule has 0 bridgehead atoms. The molecule has 1 heterocycles. The molecule has 1 unspecified atom stereocenters. The minimum atomic E-state index is -0.485. The van der Waals surface area contributed by atoms with Gasteiger partial charge in [0.1, 0.15) is 5.82 Å². The van der Waals surface area contributed by atoms with Gasteiger partial charge in [0.2, 0.25) is 5.91 Å². The molecule has 18 heavy (non-hydrogen) atoms. The third-order valence-corrected chi connectivity index (χ3v) is 3.90. The Bertz CT molecular complexity index is 452. The average Bonchev–Trinajstić information content (AvgIpc) is 2.28. The number of halogens is 1. The topological polar surface area (TPSA) is 64.3 Å². The van der Waals surface area contributed by atoms with Gasteiger partial charge in [0.05, 0.1) is 29.4 Å². The third kappa shape index (κ3) is 3.14. The van der Waals surface area contributed by atoms with Gasteiger partial charge in [-0.3, -0.25) is 4.79 Å². The molecule has 1 atom stereocenters. The lowest BCUT2D eigenvalue weighted by Gasteiger charge is -2.27. The Kier molecular flexibility index (Phi) is 4.08. The van der Waals surface area contributed by atoms with Gasteiger partial charge in [-0.15, -0.1) is 11.8 Å². The molecule has 1 amide bonds. The summed E-state index contributed by atoms with van der Waals surface area (Å²) in [5.74, 6) is -0.710. The van der Waals surface area contributed by atoms with Crippen LogP contribution in [0.2, 0.25) is 0 Å². The fraction of sp³-hybridized carbons (Fsp3) is 0.417. The summed E-state index contributed by atoms with van der Waals surface area (Å²) in [6, 6.07) is 4.11. The van der Waals surface area contributed by atoms with Crippen LogP contribution in [-0.4, -0.2) is 29.6 Å². The monoisotopic (exact) mass is 270 g/mol. The van der Waals surface area contributed by atoms with Crippen LogP contribution in [0.1, 0.15) is 6.92 Å². The normalized spacial score (nSPS) is 17.0. The number of nitrogen functional groups attached to an aromatic ring is 1. The number of rotatable bonds is 4. The molecule has 1 aromatic rings. The van der Waals surface area contributed by atoms with E-state index in [2.05, 4.69) is 5.32 Å². The molecular weight excluding hydrogens is 255 g/mol. The highest BCUT2D eigenvalue weighted by Gasteiger charge is 2.25. The highest BCUT2D eigenvalue weighted by molar-refractivity contribution is 8.01. The van der Waals surface area contributed by atoms with E-state index in [0.717, 1.165) is 0 Å². The fourth-order valence-corrected chi connectivity index (χ4v) is 2.63. The number of nitrogens with two attached hydrogens (primary N) is 1. The molecular formula is C12H15FN2O2S. The van der Waals surface area contributed by atoms with Gasteiger partial charge in [0, 0.05) is 5.69 Å². The van der Waals surface area contributed by atoms with Gasteiger partial charge in [0.25, 0.3) is 0 Å². The Morgan fingerprint density at radius 2 is 2.33 bits per heavy atom. The SMILES string of the molecule is CC(SC1COC1)C(=O)Nc1cc(N)ccc1F. The van der Waals surface area contributed by atoms with Crippen LogP contribution in [0.3, 0.4) is 0 Å². The number of anilines is 2. The lowest BCUT2D eigenvalue weighted by atomic mass is 10.2. The second-order valence-electron chi connectivity index (χ2n) is 4.17. The Morgan fingerprint density at radius 1 is 1.61 bits per heavy atom. The van der Waals surface area contributed by atoms with E-state index in [-0.39, 0.29) is 16.8 Å². The molecule has 0 aliphatic carbocycles. The summed E-state index contributed by atoms with van der Waals surface area (Å²) in [6.07, 6.45) is 0. The quantitative estimate of drug-likeness (QED) is 0.820. The van der Waals surface area contributed by atoms with Crippen LogP contribution >= 0.6 is 11.8 Å². The maximum atomic E-state index is 13.4. The average molecular weight is 270 g/mol. The summed E-state index contributed by atoms with van der Waals surface area (Å²) in [7, 11) is 0. The van der Waals surface area contributed by atoms with Crippen molar-refractivity contribution < 1.29 is 13.9 Å². The van der Waals surface area contributed by atoms with Gasteiger partial charge in [-0.25, -0.2) is 4.39 Å². The van der Waals surface area contributed by atoms with Gasteiger partial charge in [-0.05, 0) is 25.1 Å². The molecule has 6 heteroatoms. The van der Waals surface area contributed by atoms with Crippen molar-refractivity contribution in [1.29, 1.82) is 0 Å². The van der Waals surface area contributed by atoms with Crippen LogP contribution in [0.5, 0.6) is 0 Å². The number of ether oxygens (including phenoxy) is 1. The third-order valence-electron chi connectivity index (χ3n) is 2.62. The fourth-order valence-electron chi connectivity index (χ4n) is 1.52. The van der Waals surface area contributed by atoms with Crippen molar-refractivity contribution in [3.63, 3.8) is 0 Å². The van der Waals surface area contributed by atoms with Gasteiger partial charge >= 0.3 is 0 Å². The second-order valence-corrected chi connectivity index (χ2v) is 5.81. The first kappa shape index (κ1) is 13.2. The summed E-state index contributed by atoms with van der Waals surface area (Å²) >= 11 is 1.53. The maximum absolute atomic E-state index is 13.4. The molecule has 0 saturated carbocycles. The molecule has 1 aliphatic rings. The first-order valence-electron chi connectivity index (χ1n) is 5.65. The lowest BCUT2D eigenvalue weighted by Crippen LogP contribution is -2.34. The number of hydrogen-bond donors (Lipinski definition) is 2. The molecule has 1 aromatic carbocycles. The zero-order chi connectivity index (χ0) is 13.1. The van der Waals surface area contributed by atoms with Crippen LogP contribution in [0, 0.1) is 5.82 Å². The number of benzene rings is 1. The van der Waals surface area contributed by atoms with Crippen molar-refractivity contribution in [1.82, 2.24) is 0 Å². The van der Waals surface area contributed by atoms with Crippen molar-refractivity contribution in [3.8, 4) is 0 Å². The molecule has 1 aliphatic heterocycles. The van der Waals surface area contributed by atoms with Crippen molar-refractivity contribution >= 4 is 29.0 Å². The Balaban J connectivity index is 1.94. The van der Waals surface area contributed by atoms with E-state index in [1.165, 1.54) is 30.0 Å². The van der Waals surface area contributed by atoms with Crippen LogP contribution < -0.4 is 11.1 Å². The van der Waals surface area contributed by atoms with Crippen LogP contribution in [-0.2, 0) is 9.53 Å². The highest BCUT2D eigenvalue weighted by atomic mass is 32.2. The predicted octanol–water partition coefficient (Wildman–Crippen LogP) is 1.87. The number of amides is 1. The number of nitrogens with one attached hydrogen (secondary N) is 1. The van der Waals surface area contributed by atoms with E-state index in [4.69, 9.17) is 10.5 Å². The minimum Gasteiger partial charge on any atom is -0.399 e. The first-order chi connectivity index (χ1) is 8.56. The number of hydrogen-bond acceptors (Lipinski definition) is 4. The minimum absolute atomic E-state index is 0.123. The van der Waals surface area contributed by atoms with Gasteiger partial charge in [0.15, 0.2) is 0 Å². The van der Waals surface area contributed by atoms with Crippen molar-refractivity contribution in [2.24, 2.45) is 0 Å². The van der Waals surface area contributed by atoms with Gasteiger partial charge in [-0.2, -0.15) is 0 Å². The standard InChI is InChI=1S/C12H15FN2O2S/c1-7(18-9-5-17-6-9)12(16)15-11-4-8(14)2-3-10(11)13/h2-4,7,9H,5-6,14H2,1H3,(H,15,16). The van der Waals surface area contributed by atoms with E-state index >= 15 is 0 Å². The molecule has 2 rings (SSSR count). The summed E-state index contributed by atoms with van der Waals surface area (Å²) < 4.78 is 18.5. The van der Waals surface area contributed by atoms with Gasteiger partial charge < -0.3 is 15.8 Å². The molecule has 1 saturated heterocycles. The summed E-state index contributed by atoms with van der Waals surface area (Å²) in [4.78, 5) is 11.9. The summed E-state index contributed by atoms with van der Waals surface area (Å²) in [5.41, 5.74) is 6.09. The van der Waals surface area contributed by atoms with Crippen molar-refractivity contribution in [2.45, 2.75) is 17.4 Å². The molecule has 0 aromatic heterocycles. The smallest absolute Gasteiger partial charge is 0.237 e. The van der Waals surface area contributed by atoms with Gasteiger partial charge in [-0.1, -0.05) is 0 Å². The molecule has 4 nitrogen and oxygen atoms in total. The molecule has 0 radical (unpaired) electrons. The number of carbonyl (C=O) groups is 1. The molecule has 98 valence electrons. The van der Waals surface area contributed by atoms with Crippen LogP contribution in [0.15, 0.2) is 18.2 Å². The zero-order valence-corrected chi connectivity index (χ0v) is 10.8. The molecule has 1 fully saturated rings. The van der Waals surface area contributed by atoms with Crippen molar-refractivity contribution in [2.75, 3.05) is 24.3 Å². The van der Waals surface area contributed by atoms with Crippen molar-refractivity contribution in [3.05, 3.63) is 24.0 Å². The zero-order valence-electron chi connectivity index (χ0n) is 9.98. The number of thioether (sulfide) groups is 1. The summed E-state index contributed by atoms with van der Waals surface area (Å²) in [6.45, 7) is 3.15. The predicted molar refractivity (Wildman–Crippen MR) is 71.1 cm³/mol. The second kappa shape index (κ2) is 5.58. The summed E-state index contributed by atoms with van der Waals surface area (Å²) in [5, 5.41) is 2.66. The van der Waals surface area contributed by atoms with E-state index < -0.39 is 5.82 Å². The molecule has 3 N–H and O–H groups in total. The maximum Gasteiger partial charge on any atom is 0.237 e. The van der Waals surface area contributed by atoms with E-state index in [1.807, 2.05) is 0 Å². The Labute approximate surface area is 109 Å². The first-order valence-corrected chi connectivity index (χ1v) is 6.59. The Morgan fingerprint density at radius 3 is 2.94 bits per heavy atom.